The molecule has 8 heteroatoms. The lowest BCUT2D eigenvalue weighted by Gasteiger charge is -2.37. The molecule has 0 atom stereocenters. The van der Waals surface area contributed by atoms with Crippen molar-refractivity contribution in [1.82, 2.24) is 5.32 Å². The van der Waals surface area contributed by atoms with Crippen LogP contribution in [0, 0.1) is 0 Å². The Labute approximate surface area is 219 Å². The molecule has 1 heterocycles. The first-order valence-corrected chi connectivity index (χ1v) is 13.2. The van der Waals surface area contributed by atoms with Gasteiger partial charge in [0.1, 0.15) is 12.4 Å². The van der Waals surface area contributed by atoms with Gasteiger partial charge >= 0.3 is 5.97 Å². The van der Waals surface area contributed by atoms with Crippen molar-refractivity contribution >= 4 is 49.4 Å². The molecule has 0 spiro atoms. The lowest BCUT2D eigenvalue weighted by molar-refractivity contribution is -0.117. The highest BCUT2D eigenvalue weighted by Crippen LogP contribution is 2.47. The van der Waals surface area contributed by atoms with E-state index in [4.69, 9.17) is 9.84 Å². The topological polar surface area (TPSA) is 92.7 Å². The van der Waals surface area contributed by atoms with Crippen molar-refractivity contribution in [3.63, 3.8) is 0 Å². The van der Waals surface area contributed by atoms with Crippen molar-refractivity contribution in [3.8, 4) is 5.75 Å². The van der Waals surface area contributed by atoms with Crippen LogP contribution in [0.3, 0.4) is 0 Å². The number of ketones is 2. The minimum atomic E-state index is -0.971. The zero-order valence-corrected chi connectivity index (χ0v) is 22.0. The Balaban J connectivity index is 1.48. The quantitative estimate of drug-likeness (QED) is 0.425. The average molecular weight is 601 g/mol. The molecule has 1 aliphatic heterocycles. The summed E-state index contributed by atoms with van der Waals surface area (Å²) < 4.78 is 7.45. The first-order valence-electron chi connectivity index (χ1n) is 11.6. The van der Waals surface area contributed by atoms with Crippen LogP contribution in [0.25, 0.3) is 0 Å². The van der Waals surface area contributed by atoms with Crippen LogP contribution in [0.2, 0.25) is 0 Å². The van der Waals surface area contributed by atoms with Gasteiger partial charge in [0.05, 0.1) is 14.5 Å². The Morgan fingerprint density at radius 1 is 0.914 bits per heavy atom. The van der Waals surface area contributed by atoms with Gasteiger partial charge in [0.25, 0.3) is 0 Å². The molecule has 0 unspecified atom stereocenters. The number of carboxylic acid groups (broad SMARTS) is 1. The molecular formula is C27H23Br2NO5. The summed E-state index contributed by atoms with van der Waals surface area (Å²) >= 11 is 7.25. The number of carbonyl (C=O) groups excluding carboxylic acids is 2. The van der Waals surface area contributed by atoms with Crippen molar-refractivity contribution in [2.45, 2.75) is 51.0 Å². The van der Waals surface area contributed by atoms with Gasteiger partial charge in [0.2, 0.25) is 0 Å². The SMILES string of the molecule is O=C1CCCC2=C1C(c1cc(Br)c(OCc3ccc(C(=O)O)cc3)c(Br)c1)C1=C(CCCC1=O)N2. The molecule has 0 saturated carbocycles. The second-order valence-corrected chi connectivity index (χ2v) is 10.7. The summed E-state index contributed by atoms with van der Waals surface area (Å²) in [5.41, 5.74) is 5.27. The molecule has 0 bridgehead atoms. The third-order valence-corrected chi connectivity index (χ3v) is 7.91. The van der Waals surface area contributed by atoms with E-state index in [-0.39, 0.29) is 29.7 Å². The van der Waals surface area contributed by atoms with Crippen molar-refractivity contribution in [3.05, 3.63) is 84.6 Å². The second-order valence-electron chi connectivity index (χ2n) is 9.00. The zero-order valence-electron chi connectivity index (χ0n) is 18.8. The monoisotopic (exact) mass is 599 g/mol. The highest BCUT2D eigenvalue weighted by Gasteiger charge is 2.40. The highest BCUT2D eigenvalue weighted by atomic mass is 79.9. The van der Waals surface area contributed by atoms with Gasteiger partial charge in [-0.15, -0.1) is 0 Å². The fourth-order valence-corrected chi connectivity index (χ4v) is 6.55. The fourth-order valence-electron chi connectivity index (χ4n) is 5.10. The van der Waals surface area contributed by atoms with Gasteiger partial charge in [-0.2, -0.15) is 0 Å². The van der Waals surface area contributed by atoms with Gasteiger partial charge in [-0.3, -0.25) is 9.59 Å². The highest BCUT2D eigenvalue weighted by molar-refractivity contribution is 9.11. The number of ether oxygens (including phenoxy) is 1. The number of aromatic carboxylic acids is 1. The maximum atomic E-state index is 13.0. The molecule has 2 aromatic carbocycles. The maximum absolute atomic E-state index is 13.0. The molecule has 35 heavy (non-hydrogen) atoms. The van der Waals surface area contributed by atoms with E-state index in [1.165, 1.54) is 0 Å². The molecular weight excluding hydrogens is 578 g/mol. The van der Waals surface area contributed by atoms with E-state index in [9.17, 15) is 14.4 Å². The van der Waals surface area contributed by atoms with Gasteiger partial charge in [0, 0.05) is 41.3 Å². The van der Waals surface area contributed by atoms with Crippen molar-refractivity contribution in [2.24, 2.45) is 0 Å². The van der Waals surface area contributed by atoms with Crippen LogP contribution < -0.4 is 10.1 Å². The summed E-state index contributed by atoms with van der Waals surface area (Å²) in [6.45, 7) is 0.255. The smallest absolute Gasteiger partial charge is 0.335 e. The number of Topliss-reactive ketones (excluding diaryl/α,β-unsaturated/α-hetero) is 2. The van der Waals surface area contributed by atoms with Crippen LogP contribution in [-0.2, 0) is 16.2 Å². The normalized spacial score (nSPS) is 18.2. The maximum Gasteiger partial charge on any atom is 0.335 e. The summed E-state index contributed by atoms with van der Waals surface area (Å²) in [7, 11) is 0. The van der Waals surface area contributed by atoms with Gasteiger partial charge in [-0.05, 0) is 92.9 Å². The van der Waals surface area contributed by atoms with E-state index in [1.54, 1.807) is 24.3 Å². The van der Waals surface area contributed by atoms with Crippen LogP contribution in [0.4, 0.5) is 0 Å². The Kier molecular flexibility index (Phi) is 6.68. The largest absolute Gasteiger partial charge is 0.487 e. The van der Waals surface area contributed by atoms with E-state index in [2.05, 4.69) is 37.2 Å². The molecule has 2 N–H and O–H groups in total. The van der Waals surface area contributed by atoms with Crippen molar-refractivity contribution in [2.75, 3.05) is 0 Å². The first kappa shape index (κ1) is 24.0. The minimum Gasteiger partial charge on any atom is -0.487 e. The molecule has 6 nitrogen and oxygen atoms in total. The lowest BCUT2D eigenvalue weighted by atomic mass is 9.71. The standard InChI is InChI=1S/C27H23Br2NO5/c28-17-11-16(12-18(29)26(17)35-13-14-7-9-15(10-8-14)27(33)34)23-24-19(3-1-5-21(24)31)30-20-4-2-6-22(32)25(20)23/h7-12,23,30H,1-6,13H2,(H,33,34). The van der Waals surface area contributed by atoms with Crippen molar-refractivity contribution in [1.29, 1.82) is 0 Å². The van der Waals surface area contributed by atoms with E-state index in [0.29, 0.717) is 27.5 Å². The van der Waals surface area contributed by atoms with Crippen molar-refractivity contribution < 1.29 is 24.2 Å². The van der Waals surface area contributed by atoms with Gasteiger partial charge in [-0.25, -0.2) is 4.79 Å². The third kappa shape index (κ3) is 4.61. The number of carboxylic acids is 1. The predicted molar refractivity (Wildman–Crippen MR) is 137 cm³/mol. The molecule has 3 aliphatic rings. The number of carbonyl (C=O) groups is 3. The Morgan fingerprint density at radius 3 is 1.97 bits per heavy atom. The molecule has 0 aromatic heterocycles. The third-order valence-electron chi connectivity index (χ3n) is 6.73. The zero-order chi connectivity index (χ0) is 24.7. The molecule has 0 amide bonds. The number of nitrogens with one attached hydrogen (secondary N) is 1. The second kappa shape index (κ2) is 9.74. The van der Waals surface area contributed by atoms with Gasteiger partial charge in [0.15, 0.2) is 11.6 Å². The number of allylic oxidation sites excluding steroid dienone is 4. The Bertz CT molecular complexity index is 1240. The van der Waals surface area contributed by atoms with Crippen LogP contribution in [-0.4, -0.2) is 22.6 Å². The molecule has 0 saturated heterocycles. The minimum absolute atomic E-state index is 0.103. The Hall–Kier alpha value is -2.71. The predicted octanol–water partition coefficient (Wildman–Crippen LogP) is 6.19. The molecule has 0 radical (unpaired) electrons. The Morgan fingerprint density at radius 2 is 1.46 bits per heavy atom. The van der Waals surface area contributed by atoms with Crippen LogP contribution in [0.5, 0.6) is 5.75 Å². The van der Waals surface area contributed by atoms with Gasteiger partial charge in [-0.1, -0.05) is 12.1 Å². The summed E-state index contributed by atoms with van der Waals surface area (Å²) in [6, 6.07) is 10.4. The molecule has 5 rings (SSSR count). The van der Waals surface area contributed by atoms with E-state index >= 15 is 0 Å². The number of benzene rings is 2. The van der Waals surface area contributed by atoms with Crippen LogP contribution in [0.15, 0.2) is 67.9 Å². The van der Waals surface area contributed by atoms with E-state index in [1.807, 2.05) is 12.1 Å². The summed E-state index contributed by atoms with van der Waals surface area (Å²) in [4.78, 5) is 37.1. The van der Waals surface area contributed by atoms with Crippen LogP contribution >= 0.6 is 31.9 Å². The summed E-state index contributed by atoms with van der Waals surface area (Å²) in [5, 5.41) is 12.5. The number of hydrogen-bond donors (Lipinski definition) is 2. The summed E-state index contributed by atoms with van der Waals surface area (Å²) in [6.07, 6.45) is 4.26. The number of halogens is 2. The average Bonchev–Trinajstić information content (AvgIpc) is 2.83. The fraction of sp³-hybridized carbons (Fsp3) is 0.296. The van der Waals surface area contributed by atoms with Crippen LogP contribution in [0.1, 0.15) is 65.9 Å². The lowest BCUT2D eigenvalue weighted by Crippen LogP contribution is -2.36. The van der Waals surface area contributed by atoms with E-state index in [0.717, 1.165) is 59.4 Å². The number of dihydropyridines is 1. The molecule has 180 valence electrons. The molecule has 0 fully saturated rings. The molecule has 2 aromatic rings. The molecule has 2 aliphatic carbocycles. The number of rotatable bonds is 5. The van der Waals surface area contributed by atoms with E-state index < -0.39 is 5.97 Å². The first-order chi connectivity index (χ1) is 16.8. The van der Waals surface area contributed by atoms with Gasteiger partial charge < -0.3 is 15.2 Å². The summed E-state index contributed by atoms with van der Waals surface area (Å²) in [5.74, 6) is -0.552. The number of hydrogen-bond acceptors (Lipinski definition) is 5.